The molecule has 1 aliphatic heterocycles. The van der Waals surface area contributed by atoms with Gasteiger partial charge in [0.25, 0.3) is 0 Å². The van der Waals surface area contributed by atoms with E-state index < -0.39 is 17.8 Å². The highest BCUT2D eigenvalue weighted by molar-refractivity contribution is 5.72. The molecule has 1 heterocycles. The Labute approximate surface area is 118 Å². The van der Waals surface area contributed by atoms with Gasteiger partial charge in [0.1, 0.15) is 11.9 Å². The fraction of sp³-hybridized carbons (Fsp3) is 0.769. The Balaban J connectivity index is 2.65. The molecule has 2 amide bonds. The molecule has 0 aromatic carbocycles. The zero-order valence-electron chi connectivity index (χ0n) is 12.2. The number of hydrogen-bond acceptors (Lipinski definition) is 4. The Kier molecular flexibility index (Phi) is 5.35. The number of piperidine rings is 1. The Hall–Kier alpha value is -1.79. The lowest BCUT2D eigenvalue weighted by molar-refractivity contribution is -0.109. The topological polar surface area (TPSA) is 87.2 Å². The number of likely N-dealkylation sites (tertiary alicyclic amines) is 1. The van der Waals surface area contributed by atoms with Crippen LogP contribution in [-0.2, 0) is 9.53 Å². The van der Waals surface area contributed by atoms with E-state index in [9.17, 15) is 14.4 Å². The van der Waals surface area contributed by atoms with Gasteiger partial charge in [-0.25, -0.2) is 9.59 Å². The normalized spacial score (nSPS) is 16.6. The van der Waals surface area contributed by atoms with E-state index in [2.05, 4.69) is 0 Å². The van der Waals surface area contributed by atoms with E-state index >= 15 is 0 Å². The maximum atomic E-state index is 12.1. The zero-order chi connectivity index (χ0) is 15.3. The molecule has 0 unspecified atom stereocenters. The molecule has 7 heteroatoms. The van der Waals surface area contributed by atoms with Gasteiger partial charge in [-0.3, -0.25) is 4.90 Å². The lowest BCUT2D eigenvalue weighted by Gasteiger charge is -2.37. The molecular formula is C13H22N2O5. The molecule has 0 atom stereocenters. The fourth-order valence-electron chi connectivity index (χ4n) is 2.14. The van der Waals surface area contributed by atoms with E-state index in [4.69, 9.17) is 9.84 Å². The molecular weight excluding hydrogens is 264 g/mol. The van der Waals surface area contributed by atoms with Crippen LogP contribution in [0.3, 0.4) is 0 Å². The molecule has 0 spiro atoms. The largest absolute Gasteiger partial charge is 0.465 e. The third-order valence-electron chi connectivity index (χ3n) is 3.08. The molecule has 7 nitrogen and oxygen atoms in total. The number of aldehydes is 1. The van der Waals surface area contributed by atoms with Crippen molar-refractivity contribution in [3.05, 3.63) is 0 Å². The quantitative estimate of drug-likeness (QED) is 0.796. The van der Waals surface area contributed by atoms with Gasteiger partial charge in [0.05, 0.1) is 6.54 Å². The second-order valence-corrected chi connectivity index (χ2v) is 5.80. The molecule has 20 heavy (non-hydrogen) atoms. The van der Waals surface area contributed by atoms with E-state index in [0.29, 0.717) is 32.2 Å². The summed E-state index contributed by atoms with van der Waals surface area (Å²) in [7, 11) is 0. The Morgan fingerprint density at radius 2 is 1.90 bits per heavy atom. The van der Waals surface area contributed by atoms with Crippen molar-refractivity contribution in [1.82, 2.24) is 9.80 Å². The van der Waals surface area contributed by atoms with Crippen LogP contribution in [0.15, 0.2) is 0 Å². The Bertz CT molecular complexity index is 369. The van der Waals surface area contributed by atoms with Crippen LogP contribution in [0.4, 0.5) is 9.59 Å². The first kappa shape index (κ1) is 16.3. The number of hydrogen-bond donors (Lipinski definition) is 1. The van der Waals surface area contributed by atoms with Crippen LogP contribution in [0, 0.1) is 0 Å². The second kappa shape index (κ2) is 6.58. The number of amides is 2. The molecule has 0 radical (unpaired) electrons. The smallest absolute Gasteiger partial charge is 0.410 e. The number of carboxylic acid groups (broad SMARTS) is 1. The Morgan fingerprint density at radius 1 is 1.35 bits per heavy atom. The van der Waals surface area contributed by atoms with Crippen molar-refractivity contribution < 1.29 is 24.2 Å². The molecule has 0 aliphatic carbocycles. The number of carbonyl (C=O) groups is 3. The zero-order valence-corrected chi connectivity index (χ0v) is 12.2. The van der Waals surface area contributed by atoms with Gasteiger partial charge in [-0.15, -0.1) is 0 Å². The molecule has 0 bridgehead atoms. The highest BCUT2D eigenvalue weighted by Gasteiger charge is 2.31. The third-order valence-corrected chi connectivity index (χ3v) is 3.08. The molecule has 1 aliphatic rings. The summed E-state index contributed by atoms with van der Waals surface area (Å²) in [5, 5.41) is 8.89. The molecule has 114 valence electrons. The van der Waals surface area contributed by atoms with Crippen molar-refractivity contribution in [3.63, 3.8) is 0 Å². The standard InChI is InChI=1S/C13H22N2O5/c1-13(2,3)20-12(19)15(8-9-16)10-4-6-14(7-5-10)11(17)18/h9-10H,4-8H2,1-3H3,(H,17,18). The summed E-state index contributed by atoms with van der Waals surface area (Å²) in [6.45, 7) is 5.97. The van der Waals surface area contributed by atoms with Crippen LogP contribution < -0.4 is 0 Å². The van der Waals surface area contributed by atoms with Crippen LogP contribution in [0.2, 0.25) is 0 Å². The predicted molar refractivity (Wildman–Crippen MR) is 71.6 cm³/mol. The first-order chi connectivity index (χ1) is 9.24. The minimum absolute atomic E-state index is 0.0351. The summed E-state index contributed by atoms with van der Waals surface area (Å²) < 4.78 is 5.28. The summed E-state index contributed by atoms with van der Waals surface area (Å²) in [6.07, 6.45) is 0.202. The lowest BCUT2D eigenvalue weighted by Crippen LogP contribution is -2.50. The molecule has 1 saturated heterocycles. The van der Waals surface area contributed by atoms with Gasteiger partial charge in [-0.05, 0) is 33.6 Å². The van der Waals surface area contributed by atoms with Gasteiger partial charge in [0, 0.05) is 19.1 Å². The molecule has 1 fully saturated rings. The van der Waals surface area contributed by atoms with E-state index in [1.54, 1.807) is 20.8 Å². The first-order valence-electron chi connectivity index (χ1n) is 6.65. The Morgan fingerprint density at radius 3 is 2.30 bits per heavy atom. The number of nitrogens with zero attached hydrogens (tertiary/aromatic N) is 2. The maximum Gasteiger partial charge on any atom is 0.410 e. The van der Waals surface area contributed by atoms with Gasteiger partial charge in [0.2, 0.25) is 0 Å². The SMILES string of the molecule is CC(C)(C)OC(=O)N(CC=O)C1CCN(C(=O)O)CC1. The highest BCUT2D eigenvalue weighted by Crippen LogP contribution is 2.19. The van der Waals surface area contributed by atoms with Crippen LogP contribution in [0.1, 0.15) is 33.6 Å². The summed E-state index contributed by atoms with van der Waals surface area (Å²) in [4.78, 5) is 36.4. The lowest BCUT2D eigenvalue weighted by atomic mass is 10.0. The summed E-state index contributed by atoms with van der Waals surface area (Å²) >= 11 is 0. The van der Waals surface area contributed by atoms with Crippen LogP contribution >= 0.6 is 0 Å². The van der Waals surface area contributed by atoms with Gasteiger partial charge < -0.3 is 19.5 Å². The van der Waals surface area contributed by atoms with Gasteiger partial charge in [-0.1, -0.05) is 0 Å². The molecule has 0 aromatic rings. The molecule has 0 saturated carbocycles. The van der Waals surface area contributed by atoms with E-state index in [1.165, 1.54) is 9.80 Å². The molecule has 0 aromatic heterocycles. The van der Waals surface area contributed by atoms with E-state index in [-0.39, 0.29) is 12.6 Å². The van der Waals surface area contributed by atoms with Crippen molar-refractivity contribution in [2.75, 3.05) is 19.6 Å². The average Bonchev–Trinajstić information content (AvgIpc) is 2.34. The molecule has 1 rings (SSSR count). The van der Waals surface area contributed by atoms with Gasteiger partial charge >= 0.3 is 12.2 Å². The second-order valence-electron chi connectivity index (χ2n) is 5.80. The summed E-state index contributed by atoms with van der Waals surface area (Å²) in [6, 6.07) is -0.161. The van der Waals surface area contributed by atoms with Crippen molar-refractivity contribution in [3.8, 4) is 0 Å². The van der Waals surface area contributed by atoms with Gasteiger partial charge in [0.15, 0.2) is 0 Å². The van der Waals surface area contributed by atoms with E-state index in [1.807, 2.05) is 0 Å². The fourth-order valence-corrected chi connectivity index (χ4v) is 2.14. The maximum absolute atomic E-state index is 12.1. The van der Waals surface area contributed by atoms with Crippen LogP contribution in [0.25, 0.3) is 0 Å². The minimum Gasteiger partial charge on any atom is -0.465 e. The highest BCUT2D eigenvalue weighted by atomic mass is 16.6. The van der Waals surface area contributed by atoms with Gasteiger partial charge in [-0.2, -0.15) is 0 Å². The molecule has 1 N–H and O–H groups in total. The predicted octanol–water partition coefficient (Wildman–Crippen LogP) is 1.56. The summed E-state index contributed by atoms with van der Waals surface area (Å²) in [5.41, 5.74) is -0.625. The minimum atomic E-state index is -0.956. The van der Waals surface area contributed by atoms with Crippen molar-refractivity contribution in [1.29, 1.82) is 0 Å². The number of rotatable bonds is 3. The number of ether oxygens (including phenoxy) is 1. The average molecular weight is 286 g/mol. The summed E-state index contributed by atoms with van der Waals surface area (Å²) in [5.74, 6) is 0. The van der Waals surface area contributed by atoms with Crippen molar-refractivity contribution >= 4 is 18.5 Å². The van der Waals surface area contributed by atoms with Crippen molar-refractivity contribution in [2.24, 2.45) is 0 Å². The van der Waals surface area contributed by atoms with Crippen molar-refractivity contribution in [2.45, 2.75) is 45.3 Å². The number of carbonyl (C=O) groups excluding carboxylic acids is 2. The third kappa shape index (κ3) is 4.71. The van der Waals surface area contributed by atoms with Crippen LogP contribution in [-0.4, -0.2) is 64.7 Å². The monoisotopic (exact) mass is 286 g/mol. The van der Waals surface area contributed by atoms with Crippen LogP contribution in [0.5, 0.6) is 0 Å². The first-order valence-corrected chi connectivity index (χ1v) is 6.65. The van der Waals surface area contributed by atoms with E-state index in [0.717, 1.165) is 0 Å².